The maximum atomic E-state index is 4.63. The van der Waals surface area contributed by atoms with Crippen LogP contribution in [0, 0.1) is 0 Å². The zero-order chi connectivity index (χ0) is 16.9. The summed E-state index contributed by atoms with van der Waals surface area (Å²) >= 11 is 0. The predicted molar refractivity (Wildman–Crippen MR) is 104 cm³/mol. The van der Waals surface area contributed by atoms with Gasteiger partial charge in [0.25, 0.3) is 0 Å². The summed E-state index contributed by atoms with van der Waals surface area (Å²) in [6, 6.07) is 31.5. The molecule has 0 spiro atoms. The number of hydrogen-bond acceptors (Lipinski definition) is 2. The Balaban J connectivity index is 1.76. The molecule has 0 bridgehead atoms. The molecule has 1 heterocycles. The van der Waals surface area contributed by atoms with Gasteiger partial charge in [0.2, 0.25) is 0 Å². The van der Waals surface area contributed by atoms with Crippen molar-refractivity contribution in [2.75, 3.05) is 0 Å². The first kappa shape index (κ1) is 15.5. The van der Waals surface area contributed by atoms with E-state index in [1.165, 1.54) is 5.56 Å². The monoisotopic (exact) mass is 324 g/mol. The molecular weight excluding hydrogens is 304 g/mol. The topological polar surface area (TPSA) is 24.7 Å². The molecule has 0 amide bonds. The Labute approximate surface area is 148 Å². The summed E-state index contributed by atoms with van der Waals surface area (Å²) in [7, 11) is 0. The van der Waals surface area contributed by atoms with Crippen LogP contribution < -0.4 is 0 Å². The summed E-state index contributed by atoms with van der Waals surface area (Å²) < 4.78 is 0. The van der Waals surface area contributed by atoms with E-state index < -0.39 is 0 Å². The van der Waals surface area contributed by atoms with E-state index in [0.29, 0.717) is 5.92 Å². The van der Waals surface area contributed by atoms with E-state index in [9.17, 15) is 0 Å². The summed E-state index contributed by atoms with van der Waals surface area (Å²) in [5, 5.41) is 9.26. The molecule has 0 aromatic heterocycles. The lowest BCUT2D eigenvalue weighted by Crippen LogP contribution is -2.11. The fourth-order valence-electron chi connectivity index (χ4n) is 3.31. The minimum atomic E-state index is 0.376. The Morgan fingerprint density at radius 2 is 0.920 bits per heavy atom. The minimum Gasteiger partial charge on any atom is -0.155 e. The average Bonchev–Trinajstić information content (AvgIpc) is 2.93. The molecule has 3 aromatic carbocycles. The van der Waals surface area contributed by atoms with Gasteiger partial charge in [-0.15, -0.1) is 0 Å². The van der Waals surface area contributed by atoms with E-state index in [0.717, 1.165) is 35.4 Å². The molecule has 1 aliphatic rings. The van der Waals surface area contributed by atoms with Gasteiger partial charge >= 0.3 is 0 Å². The van der Waals surface area contributed by atoms with Gasteiger partial charge in [-0.25, -0.2) is 0 Å². The number of hydrogen-bond donors (Lipinski definition) is 0. The van der Waals surface area contributed by atoms with Gasteiger partial charge in [0.15, 0.2) is 0 Å². The first-order valence-electron chi connectivity index (χ1n) is 8.69. The number of benzene rings is 3. The molecule has 0 N–H and O–H groups in total. The number of nitrogens with zero attached hydrogens (tertiary/aromatic N) is 2. The molecule has 3 aromatic rings. The van der Waals surface area contributed by atoms with Gasteiger partial charge in [-0.3, -0.25) is 0 Å². The summed E-state index contributed by atoms with van der Waals surface area (Å²) in [6.07, 6.45) is 1.79. The Hall–Kier alpha value is -3.00. The largest absolute Gasteiger partial charge is 0.155 e. The molecule has 0 saturated heterocycles. The van der Waals surface area contributed by atoms with Gasteiger partial charge in [0.05, 0.1) is 11.4 Å². The van der Waals surface area contributed by atoms with Crippen LogP contribution in [0.3, 0.4) is 0 Å². The van der Waals surface area contributed by atoms with Crippen molar-refractivity contribution in [2.24, 2.45) is 10.2 Å². The van der Waals surface area contributed by atoms with Crippen molar-refractivity contribution < 1.29 is 0 Å². The van der Waals surface area contributed by atoms with Crippen LogP contribution in [0.15, 0.2) is 101 Å². The third-order valence-corrected chi connectivity index (χ3v) is 4.66. The molecule has 0 saturated carbocycles. The van der Waals surface area contributed by atoms with Gasteiger partial charge in [0, 0.05) is 0 Å². The predicted octanol–water partition coefficient (Wildman–Crippen LogP) is 5.46. The van der Waals surface area contributed by atoms with Crippen molar-refractivity contribution in [1.82, 2.24) is 0 Å². The zero-order valence-electron chi connectivity index (χ0n) is 14.0. The molecule has 0 unspecified atom stereocenters. The smallest absolute Gasteiger partial charge is 0.0709 e. The van der Waals surface area contributed by atoms with E-state index in [4.69, 9.17) is 0 Å². The van der Waals surface area contributed by atoms with Crippen molar-refractivity contribution in [3.63, 3.8) is 0 Å². The molecular formula is C23H20N2. The van der Waals surface area contributed by atoms with E-state index in [1.54, 1.807) is 0 Å². The third-order valence-electron chi connectivity index (χ3n) is 4.66. The number of rotatable bonds is 3. The van der Waals surface area contributed by atoms with Gasteiger partial charge in [-0.05, 0) is 35.4 Å². The second-order valence-electron chi connectivity index (χ2n) is 6.34. The van der Waals surface area contributed by atoms with Crippen molar-refractivity contribution in [3.05, 3.63) is 108 Å². The second-order valence-corrected chi connectivity index (χ2v) is 6.34. The lowest BCUT2D eigenvalue weighted by atomic mass is 9.86. The molecule has 0 fully saturated rings. The first-order chi connectivity index (χ1) is 12.4. The highest BCUT2D eigenvalue weighted by Crippen LogP contribution is 2.30. The maximum absolute atomic E-state index is 4.63. The summed E-state index contributed by atoms with van der Waals surface area (Å²) in [5.74, 6) is 0.376. The van der Waals surface area contributed by atoms with Crippen LogP contribution in [0.25, 0.3) is 0 Å². The highest BCUT2D eigenvalue weighted by atomic mass is 15.2. The van der Waals surface area contributed by atoms with Crippen LogP contribution in [0.1, 0.15) is 35.4 Å². The van der Waals surface area contributed by atoms with E-state index in [1.807, 2.05) is 12.1 Å². The fourth-order valence-corrected chi connectivity index (χ4v) is 3.31. The van der Waals surface area contributed by atoms with E-state index in [-0.39, 0.29) is 0 Å². The Kier molecular flexibility index (Phi) is 4.51. The maximum Gasteiger partial charge on any atom is 0.0709 e. The molecule has 0 aliphatic carbocycles. The summed E-state index contributed by atoms with van der Waals surface area (Å²) in [6.45, 7) is 0. The zero-order valence-corrected chi connectivity index (χ0v) is 14.0. The van der Waals surface area contributed by atoms with Crippen molar-refractivity contribution in [1.29, 1.82) is 0 Å². The van der Waals surface area contributed by atoms with Crippen molar-refractivity contribution in [2.45, 2.75) is 18.8 Å². The Morgan fingerprint density at radius 1 is 0.520 bits per heavy atom. The van der Waals surface area contributed by atoms with Gasteiger partial charge in [-0.2, -0.15) is 10.2 Å². The standard InChI is InChI=1S/C23H20N2/c1-4-10-18(11-5-1)21-16-22(19-12-6-2-7-13-19)24-25-23(17-21)20-14-8-3-9-15-20/h1-15,21H,16-17H2. The quantitative estimate of drug-likeness (QED) is 0.611. The summed E-state index contributed by atoms with van der Waals surface area (Å²) in [5.41, 5.74) is 5.76. The van der Waals surface area contributed by atoms with Crippen LogP contribution in [-0.4, -0.2) is 11.4 Å². The highest BCUT2D eigenvalue weighted by Gasteiger charge is 2.22. The van der Waals surface area contributed by atoms with E-state index >= 15 is 0 Å². The van der Waals surface area contributed by atoms with Gasteiger partial charge < -0.3 is 0 Å². The van der Waals surface area contributed by atoms with E-state index in [2.05, 4.69) is 89.1 Å². The molecule has 1 aliphatic heterocycles. The van der Waals surface area contributed by atoms with Crippen molar-refractivity contribution in [3.8, 4) is 0 Å². The fraction of sp³-hybridized carbons (Fsp3) is 0.130. The second kappa shape index (κ2) is 7.27. The SMILES string of the molecule is c1ccc(C2=NN=C(c3ccccc3)CC(c3ccccc3)C2)cc1. The molecule has 4 rings (SSSR count). The van der Waals surface area contributed by atoms with Crippen LogP contribution >= 0.6 is 0 Å². The van der Waals surface area contributed by atoms with Gasteiger partial charge in [0.1, 0.15) is 0 Å². The molecule has 122 valence electrons. The van der Waals surface area contributed by atoms with Crippen LogP contribution in [-0.2, 0) is 0 Å². The lowest BCUT2D eigenvalue weighted by molar-refractivity contribution is 0.759. The first-order valence-corrected chi connectivity index (χ1v) is 8.69. The molecule has 2 heteroatoms. The molecule has 25 heavy (non-hydrogen) atoms. The minimum absolute atomic E-state index is 0.376. The molecule has 2 nitrogen and oxygen atoms in total. The van der Waals surface area contributed by atoms with Gasteiger partial charge in [-0.1, -0.05) is 91.0 Å². The van der Waals surface area contributed by atoms with Crippen molar-refractivity contribution >= 4 is 11.4 Å². The lowest BCUT2D eigenvalue weighted by Gasteiger charge is -2.17. The Morgan fingerprint density at radius 3 is 1.36 bits per heavy atom. The molecule has 0 atom stereocenters. The summed E-state index contributed by atoms with van der Waals surface area (Å²) in [4.78, 5) is 0. The molecule has 0 radical (unpaired) electrons. The third kappa shape index (κ3) is 3.58. The highest BCUT2D eigenvalue weighted by molar-refractivity contribution is 6.06. The Bertz CT molecular complexity index is 824. The normalized spacial score (nSPS) is 15.2. The van der Waals surface area contributed by atoms with Crippen LogP contribution in [0.4, 0.5) is 0 Å². The van der Waals surface area contributed by atoms with Crippen LogP contribution in [0.2, 0.25) is 0 Å². The average molecular weight is 324 g/mol. The van der Waals surface area contributed by atoms with Crippen LogP contribution in [0.5, 0.6) is 0 Å².